The first kappa shape index (κ1) is 20.9. The number of hydrogen-bond acceptors (Lipinski definition) is 7. The smallest absolute Gasteiger partial charge is 0.254 e. The van der Waals surface area contributed by atoms with Crippen LogP contribution in [0.3, 0.4) is 0 Å². The Kier molecular flexibility index (Phi) is 5.60. The number of fused-ring (bicyclic) bond motifs is 1. The Morgan fingerprint density at radius 1 is 1.20 bits per heavy atom. The number of rotatable bonds is 3. The fraction of sp³-hybridized carbons (Fsp3) is 0.421. The molecule has 160 valence electrons. The van der Waals surface area contributed by atoms with Gasteiger partial charge in [-0.1, -0.05) is 5.16 Å². The number of anilines is 1. The molecule has 0 bridgehead atoms. The molecule has 0 unspecified atom stereocenters. The van der Waals surface area contributed by atoms with Crippen LogP contribution in [0.25, 0.3) is 0 Å². The van der Waals surface area contributed by atoms with Crippen molar-refractivity contribution in [3.8, 4) is 0 Å². The van der Waals surface area contributed by atoms with E-state index in [1.165, 1.54) is 4.31 Å². The molecule has 0 saturated carbocycles. The Labute approximate surface area is 178 Å². The number of sulfonamides is 1. The van der Waals surface area contributed by atoms with Crippen molar-refractivity contribution in [1.82, 2.24) is 14.4 Å². The van der Waals surface area contributed by atoms with Crippen LogP contribution in [0, 0.1) is 13.8 Å². The van der Waals surface area contributed by atoms with E-state index in [1.54, 1.807) is 42.6 Å². The number of hydrogen-bond donors (Lipinski definition) is 1. The minimum atomic E-state index is -3.73. The molecule has 30 heavy (non-hydrogen) atoms. The number of piperazine rings is 1. The summed E-state index contributed by atoms with van der Waals surface area (Å²) in [7, 11) is -3.73. The van der Waals surface area contributed by atoms with Gasteiger partial charge in [-0.05, 0) is 32.0 Å². The molecule has 2 aromatic rings. The predicted molar refractivity (Wildman–Crippen MR) is 111 cm³/mol. The zero-order chi connectivity index (χ0) is 21.5. The quantitative estimate of drug-likeness (QED) is 0.759. The number of nitrogens with one attached hydrogen (secondary N) is 1. The first-order valence-electron chi connectivity index (χ1n) is 9.56. The first-order chi connectivity index (χ1) is 14.3. The number of amides is 2. The Morgan fingerprint density at radius 2 is 1.93 bits per heavy atom. The molecule has 2 amide bonds. The summed E-state index contributed by atoms with van der Waals surface area (Å²) < 4.78 is 32.2. The third-order valence-corrected chi connectivity index (χ3v) is 8.40. The summed E-state index contributed by atoms with van der Waals surface area (Å²) in [6.07, 6.45) is 0.435. The van der Waals surface area contributed by atoms with E-state index in [4.69, 9.17) is 4.52 Å². The van der Waals surface area contributed by atoms with Gasteiger partial charge in [-0.2, -0.15) is 4.31 Å². The molecule has 0 atom stereocenters. The van der Waals surface area contributed by atoms with Crippen molar-refractivity contribution in [2.75, 3.05) is 37.2 Å². The number of aromatic nitrogens is 1. The van der Waals surface area contributed by atoms with Gasteiger partial charge < -0.3 is 14.7 Å². The first-order valence-corrected chi connectivity index (χ1v) is 12.0. The van der Waals surface area contributed by atoms with Crippen molar-refractivity contribution in [3.63, 3.8) is 0 Å². The molecular weight excluding hydrogens is 428 g/mol. The highest BCUT2D eigenvalue weighted by Gasteiger charge is 2.34. The van der Waals surface area contributed by atoms with Gasteiger partial charge in [-0.25, -0.2) is 8.42 Å². The van der Waals surface area contributed by atoms with Gasteiger partial charge in [0.1, 0.15) is 10.6 Å². The van der Waals surface area contributed by atoms with Crippen LogP contribution >= 0.6 is 11.8 Å². The van der Waals surface area contributed by atoms with E-state index >= 15 is 0 Å². The van der Waals surface area contributed by atoms with Crippen molar-refractivity contribution in [3.05, 3.63) is 35.2 Å². The highest BCUT2D eigenvalue weighted by Crippen LogP contribution is 2.32. The lowest BCUT2D eigenvalue weighted by Crippen LogP contribution is -2.50. The van der Waals surface area contributed by atoms with Crippen LogP contribution < -0.4 is 5.32 Å². The summed E-state index contributed by atoms with van der Waals surface area (Å²) in [5.41, 5.74) is 1.45. The number of carbonyl (C=O) groups excluding carboxylic acids is 2. The normalized spacial score (nSPS) is 17.9. The maximum Gasteiger partial charge on any atom is 0.254 e. The van der Waals surface area contributed by atoms with Crippen LogP contribution in [0.2, 0.25) is 0 Å². The second-order valence-electron chi connectivity index (χ2n) is 7.21. The standard InChI is InChI=1S/C19H22N4O5S2/c1-12-18(13(2)28-21-12)30(26,27)23-8-6-22(7-9-23)19(25)14-3-4-16-15(11-14)20-17(24)5-10-29-16/h3-4,11H,5-10H2,1-2H3,(H,20,24). The Bertz CT molecular complexity index is 1080. The number of thioether (sulfide) groups is 1. The molecule has 9 nitrogen and oxygen atoms in total. The molecule has 0 aliphatic carbocycles. The monoisotopic (exact) mass is 450 g/mol. The summed E-state index contributed by atoms with van der Waals surface area (Å²) in [5.74, 6) is 0.712. The van der Waals surface area contributed by atoms with Gasteiger partial charge in [0.2, 0.25) is 15.9 Å². The Balaban J connectivity index is 1.47. The van der Waals surface area contributed by atoms with E-state index in [0.717, 1.165) is 4.90 Å². The molecule has 3 heterocycles. The molecule has 1 saturated heterocycles. The molecule has 2 aliphatic rings. The van der Waals surface area contributed by atoms with Crippen LogP contribution in [0.1, 0.15) is 28.2 Å². The van der Waals surface area contributed by atoms with E-state index in [9.17, 15) is 18.0 Å². The maximum absolute atomic E-state index is 13.0. The zero-order valence-electron chi connectivity index (χ0n) is 16.7. The Morgan fingerprint density at radius 3 is 2.60 bits per heavy atom. The molecule has 11 heteroatoms. The van der Waals surface area contributed by atoms with E-state index in [-0.39, 0.29) is 48.6 Å². The summed E-state index contributed by atoms with van der Waals surface area (Å²) >= 11 is 1.58. The fourth-order valence-corrected chi connectivity index (χ4v) is 6.29. The average Bonchev–Trinajstić information content (AvgIpc) is 2.95. The third kappa shape index (κ3) is 3.84. The van der Waals surface area contributed by atoms with Crippen LogP contribution in [0.15, 0.2) is 32.5 Å². The molecule has 1 aromatic carbocycles. The number of benzene rings is 1. The minimum absolute atomic E-state index is 0.0657. The third-order valence-electron chi connectivity index (χ3n) is 5.18. The van der Waals surface area contributed by atoms with Crippen molar-refractivity contribution < 1.29 is 22.5 Å². The molecule has 4 rings (SSSR count). The summed E-state index contributed by atoms with van der Waals surface area (Å²) in [4.78, 5) is 27.4. The highest BCUT2D eigenvalue weighted by atomic mass is 32.2. The molecule has 1 N–H and O–H groups in total. The van der Waals surface area contributed by atoms with E-state index < -0.39 is 10.0 Å². The van der Waals surface area contributed by atoms with Gasteiger partial charge >= 0.3 is 0 Å². The lowest BCUT2D eigenvalue weighted by Gasteiger charge is -2.34. The van der Waals surface area contributed by atoms with Gasteiger partial charge in [0.15, 0.2) is 5.76 Å². The van der Waals surface area contributed by atoms with Crippen molar-refractivity contribution in [1.29, 1.82) is 0 Å². The molecule has 1 fully saturated rings. The minimum Gasteiger partial charge on any atom is -0.360 e. The number of nitrogens with zero attached hydrogens (tertiary/aromatic N) is 3. The maximum atomic E-state index is 13.0. The summed E-state index contributed by atoms with van der Waals surface area (Å²) in [6.45, 7) is 4.10. The molecule has 0 radical (unpaired) electrons. The van der Waals surface area contributed by atoms with Gasteiger partial charge in [-0.3, -0.25) is 9.59 Å². The van der Waals surface area contributed by atoms with Crippen molar-refractivity contribution in [2.45, 2.75) is 30.1 Å². The Hall–Kier alpha value is -2.37. The molecule has 2 aliphatic heterocycles. The van der Waals surface area contributed by atoms with Gasteiger partial charge in [-0.15, -0.1) is 11.8 Å². The van der Waals surface area contributed by atoms with Crippen LogP contribution in [0.5, 0.6) is 0 Å². The second kappa shape index (κ2) is 8.05. The van der Waals surface area contributed by atoms with Crippen molar-refractivity contribution in [2.24, 2.45) is 0 Å². The van der Waals surface area contributed by atoms with Crippen LogP contribution in [-0.4, -0.2) is 66.5 Å². The summed E-state index contributed by atoms with van der Waals surface area (Å²) in [6, 6.07) is 5.29. The van der Waals surface area contributed by atoms with Gasteiger partial charge in [0.05, 0.1) is 5.69 Å². The van der Waals surface area contributed by atoms with Gasteiger partial charge in [0, 0.05) is 48.8 Å². The fourth-order valence-electron chi connectivity index (χ4n) is 3.64. The topological polar surface area (TPSA) is 113 Å². The highest BCUT2D eigenvalue weighted by molar-refractivity contribution is 7.99. The second-order valence-corrected chi connectivity index (χ2v) is 10.2. The zero-order valence-corrected chi connectivity index (χ0v) is 18.3. The molecule has 0 spiro atoms. The lowest BCUT2D eigenvalue weighted by atomic mass is 10.1. The van der Waals surface area contributed by atoms with Crippen LogP contribution in [0.4, 0.5) is 5.69 Å². The largest absolute Gasteiger partial charge is 0.360 e. The van der Waals surface area contributed by atoms with Crippen LogP contribution in [-0.2, 0) is 14.8 Å². The number of aryl methyl sites for hydroxylation is 2. The molecule has 1 aromatic heterocycles. The summed E-state index contributed by atoms with van der Waals surface area (Å²) in [5, 5.41) is 6.57. The van der Waals surface area contributed by atoms with Gasteiger partial charge in [0.25, 0.3) is 5.91 Å². The predicted octanol–water partition coefficient (Wildman–Crippen LogP) is 1.87. The van der Waals surface area contributed by atoms with E-state index in [2.05, 4.69) is 10.5 Å². The number of carbonyl (C=O) groups is 2. The SMILES string of the molecule is Cc1noc(C)c1S(=O)(=O)N1CCN(C(=O)c2ccc3c(c2)NC(=O)CCS3)CC1. The average molecular weight is 451 g/mol. The lowest BCUT2D eigenvalue weighted by molar-refractivity contribution is -0.115. The van der Waals surface area contributed by atoms with E-state index in [0.29, 0.717) is 29.1 Å². The van der Waals surface area contributed by atoms with E-state index in [1.807, 2.05) is 6.07 Å². The molecular formula is C19H22N4O5S2. The van der Waals surface area contributed by atoms with Crippen molar-refractivity contribution >= 4 is 39.3 Å².